The van der Waals surface area contributed by atoms with E-state index in [0.717, 1.165) is 70.0 Å². The topological polar surface area (TPSA) is 60.0 Å². The summed E-state index contributed by atoms with van der Waals surface area (Å²) in [5, 5.41) is 3.08. The van der Waals surface area contributed by atoms with Gasteiger partial charge >= 0.3 is 0 Å². The lowest BCUT2D eigenvalue weighted by Gasteiger charge is -2.38. The molecule has 1 aliphatic carbocycles. The molecule has 0 spiro atoms. The zero-order valence-corrected chi connectivity index (χ0v) is 18.0. The van der Waals surface area contributed by atoms with Crippen LogP contribution >= 0.6 is 0 Å². The summed E-state index contributed by atoms with van der Waals surface area (Å²) in [6.07, 6.45) is 4.71. The van der Waals surface area contributed by atoms with Crippen LogP contribution in [0.5, 0.6) is 5.75 Å². The van der Waals surface area contributed by atoms with E-state index in [-0.39, 0.29) is 5.91 Å². The van der Waals surface area contributed by atoms with Crippen molar-refractivity contribution in [1.82, 2.24) is 4.90 Å². The second kappa shape index (κ2) is 11.0. The highest BCUT2D eigenvalue weighted by molar-refractivity contribution is 5.97. The van der Waals surface area contributed by atoms with Crippen molar-refractivity contribution in [3.05, 3.63) is 24.3 Å². The van der Waals surface area contributed by atoms with E-state index in [4.69, 9.17) is 14.2 Å². The van der Waals surface area contributed by atoms with Crippen LogP contribution in [0.2, 0.25) is 0 Å². The smallest absolute Gasteiger partial charge is 0.256 e. The van der Waals surface area contributed by atoms with Crippen molar-refractivity contribution in [1.29, 1.82) is 0 Å². The maximum absolute atomic E-state index is 13.1. The summed E-state index contributed by atoms with van der Waals surface area (Å²) < 4.78 is 17.3. The molecule has 3 rings (SSSR count). The summed E-state index contributed by atoms with van der Waals surface area (Å²) in [6, 6.07) is 7.64. The molecular formula is C23H36N2O4. The molecule has 1 aromatic rings. The Balaban J connectivity index is 1.51. The first-order chi connectivity index (χ1) is 14.1. The fraction of sp³-hybridized carbons (Fsp3) is 0.696. The Bertz CT molecular complexity index is 630. The molecule has 1 aromatic carbocycles. The Labute approximate surface area is 174 Å². The van der Waals surface area contributed by atoms with Gasteiger partial charge in [0.1, 0.15) is 18.0 Å². The molecule has 1 saturated heterocycles. The third-order valence-corrected chi connectivity index (χ3v) is 5.84. The fourth-order valence-electron chi connectivity index (χ4n) is 4.20. The Kier molecular flexibility index (Phi) is 8.33. The molecule has 0 bridgehead atoms. The molecule has 0 radical (unpaired) electrons. The Morgan fingerprint density at radius 1 is 1.24 bits per heavy atom. The molecule has 1 saturated carbocycles. The van der Waals surface area contributed by atoms with Gasteiger partial charge in [-0.1, -0.05) is 20.3 Å². The Hall–Kier alpha value is -1.63. The summed E-state index contributed by atoms with van der Waals surface area (Å²) in [5.74, 6) is 1.31. The van der Waals surface area contributed by atoms with Crippen molar-refractivity contribution in [3.8, 4) is 5.75 Å². The van der Waals surface area contributed by atoms with Crippen LogP contribution in [0.1, 0.15) is 46.0 Å². The van der Waals surface area contributed by atoms with Gasteiger partial charge in [-0.15, -0.1) is 0 Å². The van der Waals surface area contributed by atoms with Gasteiger partial charge in [0.25, 0.3) is 5.91 Å². The SMILES string of the molecule is CCCO[C@@]1(C(=O)Nc2ccc(OCCN3CCOCC3)cc2)CCC[C@H](C)C1. The van der Waals surface area contributed by atoms with Crippen molar-refractivity contribution in [3.63, 3.8) is 0 Å². The fourth-order valence-corrected chi connectivity index (χ4v) is 4.20. The van der Waals surface area contributed by atoms with Crippen LogP contribution in [0.15, 0.2) is 24.3 Å². The van der Waals surface area contributed by atoms with E-state index >= 15 is 0 Å². The maximum Gasteiger partial charge on any atom is 0.256 e. The second-order valence-electron chi connectivity index (χ2n) is 8.33. The minimum Gasteiger partial charge on any atom is -0.492 e. The van der Waals surface area contributed by atoms with Crippen molar-refractivity contribution < 1.29 is 19.0 Å². The van der Waals surface area contributed by atoms with Crippen LogP contribution in [0.4, 0.5) is 5.69 Å². The van der Waals surface area contributed by atoms with E-state index in [1.807, 2.05) is 24.3 Å². The molecule has 6 nitrogen and oxygen atoms in total. The predicted octanol–water partition coefficient (Wildman–Crippen LogP) is 3.71. The van der Waals surface area contributed by atoms with Crippen molar-refractivity contribution in [2.75, 3.05) is 51.4 Å². The van der Waals surface area contributed by atoms with Crippen molar-refractivity contribution in [2.24, 2.45) is 5.92 Å². The van der Waals surface area contributed by atoms with E-state index in [9.17, 15) is 4.79 Å². The first kappa shape index (κ1) is 22.1. The summed E-state index contributed by atoms with van der Waals surface area (Å²) in [7, 11) is 0. The molecule has 6 heteroatoms. The first-order valence-corrected chi connectivity index (χ1v) is 11.1. The van der Waals surface area contributed by atoms with Gasteiger partial charge in [-0.05, 0) is 55.9 Å². The van der Waals surface area contributed by atoms with Gasteiger partial charge in [-0.25, -0.2) is 0 Å². The molecule has 0 unspecified atom stereocenters. The second-order valence-corrected chi connectivity index (χ2v) is 8.33. The van der Waals surface area contributed by atoms with Gasteiger partial charge in [-0.3, -0.25) is 9.69 Å². The van der Waals surface area contributed by atoms with E-state index < -0.39 is 5.60 Å². The molecule has 2 aliphatic rings. The molecule has 1 N–H and O–H groups in total. The monoisotopic (exact) mass is 404 g/mol. The summed E-state index contributed by atoms with van der Waals surface area (Å²) >= 11 is 0. The van der Waals surface area contributed by atoms with E-state index in [1.165, 1.54) is 6.42 Å². The maximum atomic E-state index is 13.1. The van der Waals surface area contributed by atoms with Crippen LogP contribution in [0.3, 0.4) is 0 Å². The van der Waals surface area contributed by atoms with Crippen LogP contribution in [0.25, 0.3) is 0 Å². The normalized spacial score (nSPS) is 25.5. The largest absolute Gasteiger partial charge is 0.492 e. The van der Waals surface area contributed by atoms with Gasteiger partial charge in [0, 0.05) is 31.9 Å². The molecule has 1 aliphatic heterocycles. The summed E-state index contributed by atoms with van der Waals surface area (Å²) in [5.41, 5.74) is 0.0920. The van der Waals surface area contributed by atoms with Gasteiger partial charge < -0.3 is 19.5 Å². The van der Waals surface area contributed by atoms with Crippen molar-refractivity contribution in [2.45, 2.75) is 51.6 Å². The highest BCUT2D eigenvalue weighted by Crippen LogP contribution is 2.36. The lowest BCUT2D eigenvalue weighted by Crippen LogP contribution is -2.48. The third kappa shape index (κ3) is 6.43. The number of carbonyl (C=O) groups excluding carboxylic acids is 1. The van der Waals surface area contributed by atoms with E-state index in [0.29, 0.717) is 19.1 Å². The predicted molar refractivity (Wildman–Crippen MR) is 114 cm³/mol. The molecule has 1 heterocycles. The number of hydrogen-bond donors (Lipinski definition) is 1. The number of rotatable bonds is 9. The van der Waals surface area contributed by atoms with Crippen LogP contribution in [-0.4, -0.2) is 62.5 Å². The molecule has 29 heavy (non-hydrogen) atoms. The number of nitrogens with one attached hydrogen (secondary N) is 1. The quantitative estimate of drug-likeness (QED) is 0.680. The number of amides is 1. The summed E-state index contributed by atoms with van der Waals surface area (Å²) in [6.45, 7) is 10.00. The van der Waals surface area contributed by atoms with E-state index in [2.05, 4.69) is 24.1 Å². The van der Waals surface area contributed by atoms with Crippen LogP contribution in [-0.2, 0) is 14.3 Å². The van der Waals surface area contributed by atoms with Gasteiger partial charge in [0.2, 0.25) is 0 Å². The number of hydrogen-bond acceptors (Lipinski definition) is 5. The number of carbonyl (C=O) groups is 1. The molecule has 2 fully saturated rings. The lowest BCUT2D eigenvalue weighted by atomic mass is 9.78. The Morgan fingerprint density at radius 3 is 2.69 bits per heavy atom. The zero-order chi connectivity index (χ0) is 20.5. The minimum absolute atomic E-state index is 0.0153. The minimum atomic E-state index is -0.693. The number of morpholine rings is 1. The lowest BCUT2D eigenvalue weighted by molar-refractivity contribution is -0.148. The number of ether oxygens (including phenoxy) is 3. The number of anilines is 1. The molecule has 1 amide bonds. The average Bonchev–Trinajstić information content (AvgIpc) is 2.74. The van der Waals surface area contributed by atoms with Crippen LogP contribution in [0, 0.1) is 5.92 Å². The highest BCUT2D eigenvalue weighted by atomic mass is 16.5. The number of nitrogens with zero attached hydrogens (tertiary/aromatic N) is 1. The van der Waals surface area contributed by atoms with Gasteiger partial charge in [0.15, 0.2) is 0 Å². The highest BCUT2D eigenvalue weighted by Gasteiger charge is 2.42. The molecule has 0 aromatic heterocycles. The van der Waals surface area contributed by atoms with Crippen LogP contribution < -0.4 is 10.1 Å². The van der Waals surface area contributed by atoms with Crippen molar-refractivity contribution >= 4 is 11.6 Å². The molecular weight excluding hydrogens is 368 g/mol. The van der Waals surface area contributed by atoms with E-state index in [1.54, 1.807) is 0 Å². The van der Waals surface area contributed by atoms with Gasteiger partial charge in [0.05, 0.1) is 13.2 Å². The summed E-state index contributed by atoms with van der Waals surface area (Å²) in [4.78, 5) is 15.4. The first-order valence-electron chi connectivity index (χ1n) is 11.1. The molecule has 162 valence electrons. The third-order valence-electron chi connectivity index (χ3n) is 5.84. The number of benzene rings is 1. The average molecular weight is 405 g/mol. The zero-order valence-electron chi connectivity index (χ0n) is 18.0. The Morgan fingerprint density at radius 2 is 2.00 bits per heavy atom. The van der Waals surface area contributed by atoms with Gasteiger partial charge in [-0.2, -0.15) is 0 Å². The standard InChI is InChI=1S/C23H36N2O4/c1-3-14-29-23(10-4-5-19(2)18-23)22(26)24-20-6-8-21(9-7-20)28-17-13-25-11-15-27-16-12-25/h6-9,19H,3-5,10-18H2,1-2H3,(H,24,26)/t19-,23-/m0/s1. The molecule has 2 atom stereocenters.